The molecule has 0 aliphatic heterocycles. The lowest BCUT2D eigenvalue weighted by Gasteiger charge is -2.04. The molecule has 0 atom stereocenters. The number of hydrogen-bond acceptors (Lipinski definition) is 2. The summed E-state index contributed by atoms with van der Waals surface area (Å²) in [5, 5.41) is 0.638. The van der Waals surface area contributed by atoms with Crippen molar-refractivity contribution in [3.63, 3.8) is 0 Å². The number of rotatable bonds is 3. The van der Waals surface area contributed by atoms with E-state index in [1.54, 1.807) is 12.4 Å². The number of H-pyrrole nitrogens is 1. The number of benzene rings is 1. The molecule has 0 fully saturated rings. The molecule has 1 aromatic carbocycles. The highest BCUT2D eigenvalue weighted by atomic mass is 79.9. The zero-order valence-electron chi connectivity index (χ0n) is 8.01. The van der Waals surface area contributed by atoms with Crippen molar-refractivity contribution in [3.05, 3.63) is 46.2 Å². The maximum atomic E-state index is 13.6. The highest BCUT2D eigenvalue weighted by Gasteiger charge is 2.12. The normalized spacial score (nSPS) is 10.7. The Morgan fingerprint density at radius 2 is 2.19 bits per heavy atom. The minimum absolute atomic E-state index is 0.0516. The highest BCUT2D eigenvalue weighted by molar-refractivity contribution is 9.10. The van der Waals surface area contributed by atoms with Gasteiger partial charge in [0, 0.05) is 23.7 Å². The van der Waals surface area contributed by atoms with Crippen LogP contribution < -0.4 is 0 Å². The molecular weight excluding hydrogens is 298 g/mol. The van der Waals surface area contributed by atoms with Crippen molar-refractivity contribution in [3.8, 4) is 0 Å². The van der Waals surface area contributed by atoms with Gasteiger partial charge in [-0.3, -0.25) is 0 Å². The summed E-state index contributed by atoms with van der Waals surface area (Å²) in [4.78, 5) is 6.82. The Labute approximate surface area is 104 Å². The summed E-state index contributed by atoms with van der Waals surface area (Å²) in [6.07, 6.45) is 3.26. The van der Waals surface area contributed by atoms with Gasteiger partial charge in [0.2, 0.25) is 0 Å². The van der Waals surface area contributed by atoms with Crippen LogP contribution in [0.1, 0.15) is 5.56 Å². The van der Waals surface area contributed by atoms with Crippen LogP contribution in [0.5, 0.6) is 0 Å². The van der Waals surface area contributed by atoms with Gasteiger partial charge in [0.05, 0.1) is 4.47 Å². The predicted molar refractivity (Wildman–Crippen MR) is 62.2 cm³/mol. The van der Waals surface area contributed by atoms with Gasteiger partial charge in [-0.25, -0.2) is 13.8 Å². The summed E-state index contributed by atoms with van der Waals surface area (Å²) < 4.78 is 27.2. The molecule has 0 saturated carbocycles. The Kier molecular flexibility index (Phi) is 3.60. The Hall–Kier alpha value is -0.880. The largest absolute Gasteiger partial charge is 0.340 e. The van der Waals surface area contributed by atoms with Crippen LogP contribution in [0.2, 0.25) is 0 Å². The molecule has 1 aromatic heterocycles. The average molecular weight is 305 g/mol. The van der Waals surface area contributed by atoms with Crippen molar-refractivity contribution in [1.29, 1.82) is 0 Å². The fourth-order valence-corrected chi connectivity index (χ4v) is 2.38. The molecule has 2 rings (SSSR count). The Morgan fingerprint density at radius 1 is 1.38 bits per heavy atom. The first-order valence-corrected chi connectivity index (χ1v) is 6.21. The standard InChI is InChI=1S/C10H7BrF2N2S/c11-7-1-2-8(12)6(9(7)13)5-16-10-14-3-4-15-10/h1-4H,5H2,(H,14,15). The molecular formula is C10H7BrF2N2S. The minimum Gasteiger partial charge on any atom is -0.340 e. The van der Waals surface area contributed by atoms with Crippen molar-refractivity contribution < 1.29 is 8.78 Å². The molecule has 0 saturated heterocycles. The van der Waals surface area contributed by atoms with Gasteiger partial charge < -0.3 is 4.98 Å². The molecule has 0 bridgehead atoms. The van der Waals surface area contributed by atoms with Crippen LogP contribution in [-0.2, 0) is 5.75 Å². The number of nitrogens with one attached hydrogen (secondary N) is 1. The smallest absolute Gasteiger partial charge is 0.165 e. The van der Waals surface area contributed by atoms with E-state index in [-0.39, 0.29) is 15.8 Å². The zero-order chi connectivity index (χ0) is 11.5. The molecule has 0 radical (unpaired) electrons. The van der Waals surface area contributed by atoms with Crippen LogP contribution >= 0.6 is 27.7 Å². The van der Waals surface area contributed by atoms with Crippen LogP contribution in [0.15, 0.2) is 34.2 Å². The maximum Gasteiger partial charge on any atom is 0.165 e. The molecule has 0 unspecified atom stereocenters. The molecule has 6 heteroatoms. The molecule has 0 spiro atoms. The fourth-order valence-electron chi connectivity index (χ4n) is 1.17. The van der Waals surface area contributed by atoms with E-state index in [1.807, 2.05) is 0 Å². The lowest BCUT2D eigenvalue weighted by molar-refractivity contribution is 0.562. The lowest BCUT2D eigenvalue weighted by Crippen LogP contribution is -1.94. The van der Waals surface area contributed by atoms with Gasteiger partial charge in [-0.05, 0) is 28.1 Å². The molecule has 1 heterocycles. The topological polar surface area (TPSA) is 28.7 Å². The Bertz CT molecular complexity index is 488. The van der Waals surface area contributed by atoms with Crippen molar-refractivity contribution in [2.75, 3.05) is 0 Å². The number of aromatic nitrogens is 2. The third-order valence-electron chi connectivity index (χ3n) is 1.97. The first-order chi connectivity index (χ1) is 7.68. The van der Waals surface area contributed by atoms with Gasteiger partial charge >= 0.3 is 0 Å². The van der Waals surface area contributed by atoms with E-state index >= 15 is 0 Å². The average Bonchev–Trinajstić information content (AvgIpc) is 2.77. The van der Waals surface area contributed by atoms with Crippen LogP contribution in [0, 0.1) is 11.6 Å². The summed E-state index contributed by atoms with van der Waals surface area (Å²) in [6.45, 7) is 0. The summed E-state index contributed by atoms with van der Waals surface area (Å²) in [6, 6.07) is 2.59. The monoisotopic (exact) mass is 304 g/mol. The number of imidazole rings is 1. The highest BCUT2D eigenvalue weighted by Crippen LogP contribution is 2.27. The number of aromatic amines is 1. The molecule has 1 N–H and O–H groups in total. The fraction of sp³-hybridized carbons (Fsp3) is 0.100. The van der Waals surface area contributed by atoms with E-state index < -0.39 is 11.6 Å². The van der Waals surface area contributed by atoms with E-state index in [0.717, 1.165) is 0 Å². The van der Waals surface area contributed by atoms with Gasteiger partial charge in [0.15, 0.2) is 5.16 Å². The van der Waals surface area contributed by atoms with Crippen LogP contribution in [-0.4, -0.2) is 9.97 Å². The first-order valence-electron chi connectivity index (χ1n) is 4.43. The third kappa shape index (κ3) is 2.44. The molecule has 0 aliphatic rings. The van der Waals surface area contributed by atoms with E-state index in [4.69, 9.17) is 0 Å². The third-order valence-corrected chi connectivity index (χ3v) is 3.51. The predicted octanol–water partition coefficient (Wildman–Crippen LogP) is 3.74. The molecule has 2 nitrogen and oxygen atoms in total. The molecule has 16 heavy (non-hydrogen) atoms. The van der Waals surface area contributed by atoms with Crippen LogP contribution in [0.4, 0.5) is 8.78 Å². The Balaban J connectivity index is 2.18. The number of thioether (sulfide) groups is 1. The van der Waals surface area contributed by atoms with Gasteiger partial charge in [0.25, 0.3) is 0 Å². The lowest BCUT2D eigenvalue weighted by atomic mass is 10.2. The summed E-state index contributed by atoms with van der Waals surface area (Å²) in [7, 11) is 0. The molecule has 2 aromatic rings. The first kappa shape index (κ1) is 11.6. The maximum absolute atomic E-state index is 13.6. The summed E-state index contributed by atoms with van der Waals surface area (Å²) in [5.41, 5.74) is 0.0516. The summed E-state index contributed by atoms with van der Waals surface area (Å²) >= 11 is 4.27. The van der Waals surface area contributed by atoms with E-state index in [2.05, 4.69) is 25.9 Å². The van der Waals surface area contributed by atoms with Crippen molar-refractivity contribution in [1.82, 2.24) is 9.97 Å². The minimum atomic E-state index is -0.556. The SMILES string of the molecule is Fc1ccc(Br)c(F)c1CSc1ncc[nH]1. The van der Waals surface area contributed by atoms with E-state index in [0.29, 0.717) is 5.16 Å². The molecule has 84 valence electrons. The second kappa shape index (κ2) is 4.97. The van der Waals surface area contributed by atoms with E-state index in [1.165, 1.54) is 23.9 Å². The van der Waals surface area contributed by atoms with Crippen LogP contribution in [0.25, 0.3) is 0 Å². The van der Waals surface area contributed by atoms with Gasteiger partial charge in [-0.15, -0.1) is 0 Å². The van der Waals surface area contributed by atoms with Gasteiger partial charge in [-0.1, -0.05) is 11.8 Å². The molecule has 0 amide bonds. The molecule has 0 aliphatic carbocycles. The second-order valence-electron chi connectivity index (χ2n) is 3.00. The van der Waals surface area contributed by atoms with Crippen LogP contribution in [0.3, 0.4) is 0 Å². The number of nitrogens with zero attached hydrogens (tertiary/aromatic N) is 1. The van der Waals surface area contributed by atoms with E-state index in [9.17, 15) is 8.78 Å². The van der Waals surface area contributed by atoms with Crippen molar-refractivity contribution >= 4 is 27.7 Å². The van der Waals surface area contributed by atoms with Gasteiger partial charge in [0.1, 0.15) is 11.6 Å². The second-order valence-corrected chi connectivity index (χ2v) is 4.82. The summed E-state index contributed by atoms with van der Waals surface area (Å²) in [5.74, 6) is -0.899. The quantitative estimate of drug-likeness (QED) is 0.691. The number of halogens is 3. The van der Waals surface area contributed by atoms with Gasteiger partial charge in [-0.2, -0.15) is 0 Å². The Morgan fingerprint density at radius 3 is 2.88 bits per heavy atom. The van der Waals surface area contributed by atoms with Crippen molar-refractivity contribution in [2.24, 2.45) is 0 Å². The number of hydrogen-bond donors (Lipinski definition) is 1. The van der Waals surface area contributed by atoms with Crippen molar-refractivity contribution in [2.45, 2.75) is 10.9 Å². The zero-order valence-corrected chi connectivity index (χ0v) is 10.4.